The van der Waals surface area contributed by atoms with Gasteiger partial charge in [0.2, 0.25) is 5.91 Å². The summed E-state index contributed by atoms with van der Waals surface area (Å²) in [5.74, 6) is 0.690. The van der Waals surface area contributed by atoms with Crippen LogP contribution in [0.4, 0.5) is 11.5 Å². The normalized spacial score (nSPS) is 18.4. The van der Waals surface area contributed by atoms with Crippen molar-refractivity contribution in [3.63, 3.8) is 0 Å². The highest BCUT2D eigenvalue weighted by atomic mass is 32.2. The van der Waals surface area contributed by atoms with Crippen molar-refractivity contribution in [2.24, 2.45) is 0 Å². The second-order valence-corrected chi connectivity index (χ2v) is 8.99. The van der Waals surface area contributed by atoms with Crippen LogP contribution in [0.2, 0.25) is 0 Å². The van der Waals surface area contributed by atoms with E-state index in [4.69, 9.17) is 0 Å². The summed E-state index contributed by atoms with van der Waals surface area (Å²) in [4.78, 5) is 19.7. The van der Waals surface area contributed by atoms with Gasteiger partial charge >= 0.3 is 0 Å². The number of fused-ring (bicyclic) bond motifs is 1. The third-order valence-electron chi connectivity index (χ3n) is 4.66. The largest absolute Gasteiger partial charge is 0.380 e. The SMILES string of the molecule is O=C(Cc1c[nH]c2ccccc12)Nc1ccc(NC2CCS(=O)(=O)C2)cn1. The maximum absolute atomic E-state index is 12.3. The average Bonchev–Trinajstić information content (AvgIpc) is 3.20. The van der Waals surface area contributed by atoms with E-state index in [1.807, 2.05) is 30.5 Å². The lowest BCUT2D eigenvalue weighted by atomic mass is 10.1. The first kappa shape index (κ1) is 17.5. The van der Waals surface area contributed by atoms with Crippen LogP contribution < -0.4 is 10.6 Å². The van der Waals surface area contributed by atoms with Crippen LogP contribution in [0.1, 0.15) is 12.0 Å². The summed E-state index contributed by atoms with van der Waals surface area (Å²) in [7, 11) is -2.92. The third-order valence-corrected chi connectivity index (χ3v) is 6.43. The molecule has 1 aliphatic heterocycles. The number of hydrogen-bond donors (Lipinski definition) is 3. The minimum atomic E-state index is -2.92. The van der Waals surface area contributed by atoms with Gasteiger partial charge in [-0.05, 0) is 30.2 Å². The molecule has 0 radical (unpaired) electrons. The Kier molecular flexibility index (Phi) is 4.57. The number of aromatic nitrogens is 2. The molecule has 1 fully saturated rings. The van der Waals surface area contributed by atoms with Gasteiger partial charge in [0.15, 0.2) is 9.84 Å². The smallest absolute Gasteiger partial charge is 0.230 e. The summed E-state index contributed by atoms with van der Waals surface area (Å²) in [6, 6.07) is 11.3. The molecule has 1 aromatic carbocycles. The maximum atomic E-state index is 12.3. The molecule has 0 aliphatic carbocycles. The van der Waals surface area contributed by atoms with Crippen LogP contribution in [0.15, 0.2) is 48.8 Å². The van der Waals surface area contributed by atoms with Gasteiger partial charge in [-0.25, -0.2) is 13.4 Å². The highest BCUT2D eigenvalue weighted by molar-refractivity contribution is 7.91. The minimum absolute atomic E-state index is 0.0842. The Labute approximate surface area is 157 Å². The molecule has 7 nitrogen and oxygen atoms in total. The Morgan fingerprint density at radius 2 is 2.07 bits per heavy atom. The molecule has 1 atom stereocenters. The van der Waals surface area contributed by atoms with E-state index in [9.17, 15) is 13.2 Å². The molecule has 3 N–H and O–H groups in total. The molecule has 4 rings (SSSR count). The van der Waals surface area contributed by atoms with E-state index < -0.39 is 9.84 Å². The number of anilines is 2. The van der Waals surface area contributed by atoms with E-state index in [0.29, 0.717) is 12.2 Å². The van der Waals surface area contributed by atoms with Gasteiger partial charge in [0.25, 0.3) is 0 Å². The van der Waals surface area contributed by atoms with Crippen LogP contribution in [0.3, 0.4) is 0 Å². The lowest BCUT2D eigenvalue weighted by Gasteiger charge is -2.12. The Bertz CT molecular complexity index is 1070. The molecule has 1 unspecified atom stereocenters. The van der Waals surface area contributed by atoms with E-state index >= 15 is 0 Å². The van der Waals surface area contributed by atoms with Crippen LogP contribution >= 0.6 is 0 Å². The van der Waals surface area contributed by atoms with E-state index in [-0.39, 0.29) is 29.9 Å². The fourth-order valence-corrected chi connectivity index (χ4v) is 5.01. The zero-order valence-electron chi connectivity index (χ0n) is 14.6. The molecule has 3 aromatic rings. The molecule has 3 heterocycles. The van der Waals surface area contributed by atoms with Gasteiger partial charge < -0.3 is 15.6 Å². The molecular formula is C19H20N4O3S. The molecule has 8 heteroatoms. The van der Waals surface area contributed by atoms with Gasteiger partial charge in [-0.2, -0.15) is 0 Å². The van der Waals surface area contributed by atoms with Crippen molar-refractivity contribution in [2.75, 3.05) is 22.1 Å². The second-order valence-electron chi connectivity index (χ2n) is 6.76. The van der Waals surface area contributed by atoms with E-state index in [2.05, 4.69) is 20.6 Å². The molecule has 140 valence electrons. The number of nitrogens with one attached hydrogen (secondary N) is 3. The Morgan fingerprint density at radius 1 is 1.22 bits per heavy atom. The average molecular weight is 384 g/mol. The Balaban J connectivity index is 1.36. The molecule has 0 saturated carbocycles. The summed E-state index contributed by atoms with van der Waals surface area (Å²) in [5, 5.41) is 7.00. The van der Waals surface area contributed by atoms with Gasteiger partial charge in [-0.3, -0.25) is 4.79 Å². The predicted molar refractivity (Wildman–Crippen MR) is 106 cm³/mol. The van der Waals surface area contributed by atoms with Gasteiger partial charge in [0, 0.05) is 23.1 Å². The van der Waals surface area contributed by atoms with E-state index in [1.54, 1.807) is 18.3 Å². The first-order chi connectivity index (χ1) is 13.0. The minimum Gasteiger partial charge on any atom is -0.380 e. The number of rotatable bonds is 5. The lowest BCUT2D eigenvalue weighted by Crippen LogP contribution is -2.20. The van der Waals surface area contributed by atoms with Crippen LogP contribution in [0.5, 0.6) is 0 Å². The summed E-state index contributed by atoms with van der Waals surface area (Å²) >= 11 is 0. The van der Waals surface area contributed by atoms with Gasteiger partial charge in [-0.15, -0.1) is 0 Å². The highest BCUT2D eigenvalue weighted by Crippen LogP contribution is 2.20. The van der Waals surface area contributed by atoms with E-state index in [0.717, 1.165) is 22.2 Å². The zero-order chi connectivity index (χ0) is 18.9. The quantitative estimate of drug-likeness (QED) is 0.626. The number of nitrogens with zero attached hydrogens (tertiary/aromatic N) is 1. The van der Waals surface area contributed by atoms with Crippen LogP contribution in [0, 0.1) is 0 Å². The summed E-state index contributed by atoms with van der Waals surface area (Å²) in [6.45, 7) is 0. The van der Waals surface area contributed by atoms with E-state index in [1.165, 1.54) is 0 Å². The number of pyridine rings is 1. The van der Waals surface area contributed by atoms with Gasteiger partial charge in [0.05, 0.1) is 29.8 Å². The first-order valence-corrected chi connectivity index (χ1v) is 10.6. The second kappa shape index (κ2) is 7.03. The number of sulfone groups is 1. The monoisotopic (exact) mass is 384 g/mol. The number of benzene rings is 1. The van der Waals surface area contributed by atoms with Crippen molar-refractivity contribution < 1.29 is 13.2 Å². The number of carbonyl (C=O) groups is 1. The van der Waals surface area contributed by atoms with Crippen LogP contribution in [0.25, 0.3) is 10.9 Å². The predicted octanol–water partition coefficient (Wildman–Crippen LogP) is 2.34. The summed E-state index contributed by atoms with van der Waals surface area (Å²) in [6.07, 6.45) is 4.31. The van der Waals surface area contributed by atoms with Crippen LogP contribution in [-0.2, 0) is 21.1 Å². The highest BCUT2D eigenvalue weighted by Gasteiger charge is 2.27. The molecule has 27 heavy (non-hydrogen) atoms. The van der Waals surface area contributed by atoms with Crippen molar-refractivity contribution in [3.8, 4) is 0 Å². The number of H-pyrrole nitrogens is 1. The molecule has 1 amide bonds. The number of aromatic amines is 1. The summed E-state index contributed by atoms with van der Waals surface area (Å²) in [5.41, 5.74) is 2.68. The zero-order valence-corrected chi connectivity index (χ0v) is 15.4. The number of carbonyl (C=O) groups excluding carboxylic acids is 1. The topological polar surface area (TPSA) is 104 Å². The molecule has 0 bridgehead atoms. The fourth-order valence-electron chi connectivity index (χ4n) is 3.34. The molecule has 0 spiro atoms. The van der Waals surface area contributed by atoms with Crippen molar-refractivity contribution in [1.29, 1.82) is 0 Å². The fraction of sp³-hybridized carbons (Fsp3) is 0.263. The number of para-hydroxylation sites is 1. The van der Waals surface area contributed by atoms with Crippen LogP contribution in [-0.4, -0.2) is 41.8 Å². The van der Waals surface area contributed by atoms with Crippen molar-refractivity contribution in [3.05, 3.63) is 54.4 Å². The van der Waals surface area contributed by atoms with Gasteiger partial charge in [0.1, 0.15) is 5.82 Å². The number of amides is 1. The molecule has 1 saturated heterocycles. The summed E-state index contributed by atoms with van der Waals surface area (Å²) < 4.78 is 23.0. The third kappa shape index (κ3) is 4.11. The van der Waals surface area contributed by atoms with Gasteiger partial charge in [-0.1, -0.05) is 18.2 Å². The van der Waals surface area contributed by atoms with Crippen molar-refractivity contribution in [2.45, 2.75) is 18.9 Å². The first-order valence-electron chi connectivity index (χ1n) is 8.76. The Hall–Kier alpha value is -2.87. The molecular weight excluding hydrogens is 364 g/mol. The maximum Gasteiger partial charge on any atom is 0.230 e. The Morgan fingerprint density at radius 3 is 2.81 bits per heavy atom. The van der Waals surface area contributed by atoms with Crippen molar-refractivity contribution >= 4 is 38.2 Å². The van der Waals surface area contributed by atoms with Crippen molar-refractivity contribution in [1.82, 2.24) is 9.97 Å². The molecule has 2 aromatic heterocycles. The number of hydrogen-bond acceptors (Lipinski definition) is 5. The lowest BCUT2D eigenvalue weighted by molar-refractivity contribution is -0.115. The standard InChI is InChI=1S/C19H20N4O3S/c24-19(9-13-10-20-17-4-2-1-3-16(13)17)23-18-6-5-14(11-21-18)22-15-7-8-27(25,26)12-15/h1-6,10-11,15,20,22H,7-9,12H2,(H,21,23,24). The molecule has 1 aliphatic rings.